The normalized spacial score (nSPS) is 22.5. The molecule has 1 N–H and O–H groups in total. The first-order chi connectivity index (χ1) is 7.24. The number of hydrogen-bond donors (Lipinski definition) is 1. The smallest absolute Gasteiger partial charge is 0.236 e. The molecule has 2 rings (SSSR count). The van der Waals surface area contributed by atoms with Crippen LogP contribution >= 0.6 is 0 Å². The summed E-state index contributed by atoms with van der Waals surface area (Å²) in [5.41, 5.74) is 0. The van der Waals surface area contributed by atoms with Crippen LogP contribution in [0.1, 0.15) is 19.8 Å². The van der Waals surface area contributed by atoms with Gasteiger partial charge in [-0.3, -0.25) is 9.69 Å². The third-order valence-electron chi connectivity index (χ3n) is 3.30. The van der Waals surface area contributed by atoms with Gasteiger partial charge in [0.15, 0.2) is 0 Å². The first-order valence-corrected chi connectivity index (χ1v) is 5.87. The second-order valence-electron chi connectivity index (χ2n) is 4.65. The van der Waals surface area contributed by atoms with Crippen LogP contribution in [0.5, 0.6) is 0 Å². The topological polar surface area (TPSA) is 43.8 Å². The van der Waals surface area contributed by atoms with Gasteiger partial charge in [0.2, 0.25) is 5.91 Å². The van der Waals surface area contributed by atoms with Gasteiger partial charge in [-0.05, 0) is 19.8 Å². The van der Waals surface area contributed by atoms with E-state index in [1.807, 2.05) is 11.8 Å². The molecule has 4 heteroatoms. The van der Waals surface area contributed by atoms with E-state index in [-0.39, 0.29) is 12.5 Å². The fourth-order valence-corrected chi connectivity index (χ4v) is 2.23. The van der Waals surface area contributed by atoms with Crippen LogP contribution in [0.3, 0.4) is 0 Å². The summed E-state index contributed by atoms with van der Waals surface area (Å²) in [5, 5.41) is 8.87. The average Bonchev–Trinajstić information content (AvgIpc) is 2.95. The van der Waals surface area contributed by atoms with Crippen LogP contribution in [0.4, 0.5) is 0 Å². The van der Waals surface area contributed by atoms with Gasteiger partial charge in [-0.15, -0.1) is 0 Å². The molecule has 86 valence electrons. The molecule has 0 aromatic rings. The Morgan fingerprint density at radius 2 is 2.13 bits per heavy atom. The van der Waals surface area contributed by atoms with Gasteiger partial charge in [-0.25, -0.2) is 0 Å². The minimum absolute atomic E-state index is 0.255. The van der Waals surface area contributed by atoms with Crippen molar-refractivity contribution in [3.8, 4) is 0 Å². The molecule has 1 heterocycles. The summed E-state index contributed by atoms with van der Waals surface area (Å²) in [7, 11) is 0. The molecule has 0 radical (unpaired) electrons. The minimum atomic E-state index is 0.255. The molecule has 1 aliphatic carbocycles. The van der Waals surface area contributed by atoms with Crippen molar-refractivity contribution in [1.82, 2.24) is 9.80 Å². The van der Waals surface area contributed by atoms with Gasteiger partial charge in [0.1, 0.15) is 0 Å². The molecule has 0 aromatic carbocycles. The number of nitrogens with zero attached hydrogens (tertiary/aromatic N) is 2. The standard InChI is InChI=1S/C11H20N2O2/c1-2-13(10-3-4-10)11(15)7-12-5-9(6-12)8-14/h9-10,14H,2-8H2,1H3. The molecule has 1 aliphatic heterocycles. The molecule has 0 bridgehead atoms. The van der Waals surface area contributed by atoms with E-state index in [1.54, 1.807) is 0 Å². The maximum atomic E-state index is 11.9. The predicted octanol–water partition coefficient (Wildman–Crippen LogP) is -0.0786. The number of aliphatic hydroxyl groups is 1. The molecule has 2 fully saturated rings. The number of likely N-dealkylation sites (N-methyl/N-ethyl adjacent to an activating group) is 1. The van der Waals surface area contributed by atoms with Gasteiger partial charge in [-0.2, -0.15) is 0 Å². The highest BCUT2D eigenvalue weighted by molar-refractivity contribution is 5.79. The van der Waals surface area contributed by atoms with Gasteiger partial charge < -0.3 is 10.0 Å². The van der Waals surface area contributed by atoms with E-state index in [9.17, 15) is 4.79 Å². The van der Waals surface area contributed by atoms with Crippen LogP contribution < -0.4 is 0 Å². The lowest BCUT2D eigenvalue weighted by atomic mass is 10.0. The molecule has 0 unspecified atom stereocenters. The Hall–Kier alpha value is -0.610. The van der Waals surface area contributed by atoms with Crippen molar-refractivity contribution in [2.75, 3.05) is 32.8 Å². The molecule has 1 saturated carbocycles. The Bertz CT molecular complexity index is 235. The lowest BCUT2D eigenvalue weighted by molar-refractivity contribution is -0.134. The molecular formula is C11H20N2O2. The van der Waals surface area contributed by atoms with Crippen molar-refractivity contribution >= 4 is 5.91 Å². The number of hydrogen-bond acceptors (Lipinski definition) is 3. The number of carbonyl (C=O) groups excluding carboxylic acids is 1. The molecular weight excluding hydrogens is 192 g/mol. The molecule has 0 aromatic heterocycles. The van der Waals surface area contributed by atoms with E-state index in [4.69, 9.17) is 5.11 Å². The summed E-state index contributed by atoms with van der Waals surface area (Å²) in [5.74, 6) is 0.658. The predicted molar refractivity (Wildman–Crippen MR) is 57.4 cm³/mol. The van der Waals surface area contributed by atoms with Crippen LogP contribution in [-0.2, 0) is 4.79 Å². The zero-order valence-electron chi connectivity index (χ0n) is 9.35. The fourth-order valence-electron chi connectivity index (χ4n) is 2.23. The Labute approximate surface area is 90.9 Å². The maximum absolute atomic E-state index is 11.9. The first-order valence-electron chi connectivity index (χ1n) is 5.87. The Balaban J connectivity index is 1.72. The summed E-state index contributed by atoms with van der Waals surface area (Å²) in [4.78, 5) is 16.0. The molecule has 15 heavy (non-hydrogen) atoms. The van der Waals surface area contributed by atoms with E-state index in [2.05, 4.69) is 4.90 Å². The Kier molecular flexibility index (Phi) is 3.26. The molecule has 0 spiro atoms. The van der Waals surface area contributed by atoms with Crippen molar-refractivity contribution in [1.29, 1.82) is 0 Å². The molecule has 4 nitrogen and oxygen atoms in total. The maximum Gasteiger partial charge on any atom is 0.236 e. The summed E-state index contributed by atoms with van der Waals surface area (Å²) >= 11 is 0. The Morgan fingerprint density at radius 3 is 2.60 bits per heavy atom. The van der Waals surface area contributed by atoms with Gasteiger partial charge in [0, 0.05) is 38.2 Å². The Morgan fingerprint density at radius 1 is 1.47 bits per heavy atom. The van der Waals surface area contributed by atoms with Gasteiger partial charge in [0.25, 0.3) is 0 Å². The zero-order valence-corrected chi connectivity index (χ0v) is 9.35. The van der Waals surface area contributed by atoms with E-state index in [0.29, 0.717) is 18.5 Å². The van der Waals surface area contributed by atoms with Crippen LogP contribution in [0.25, 0.3) is 0 Å². The van der Waals surface area contributed by atoms with E-state index < -0.39 is 0 Å². The zero-order chi connectivity index (χ0) is 10.8. The van der Waals surface area contributed by atoms with Crippen LogP contribution in [0.15, 0.2) is 0 Å². The highest BCUT2D eigenvalue weighted by Crippen LogP contribution is 2.27. The third-order valence-corrected chi connectivity index (χ3v) is 3.30. The molecule has 0 atom stereocenters. The number of carbonyl (C=O) groups is 1. The minimum Gasteiger partial charge on any atom is -0.396 e. The van der Waals surface area contributed by atoms with Gasteiger partial charge in [-0.1, -0.05) is 0 Å². The SMILES string of the molecule is CCN(C(=O)CN1CC(CO)C1)C1CC1. The van der Waals surface area contributed by atoms with Gasteiger partial charge in [0.05, 0.1) is 6.54 Å². The second-order valence-corrected chi connectivity index (χ2v) is 4.65. The number of likely N-dealkylation sites (tertiary alicyclic amines) is 1. The third kappa shape index (κ3) is 2.49. The first kappa shape index (κ1) is 10.9. The van der Waals surface area contributed by atoms with Gasteiger partial charge >= 0.3 is 0 Å². The van der Waals surface area contributed by atoms with E-state index in [0.717, 1.165) is 19.6 Å². The average molecular weight is 212 g/mol. The van der Waals surface area contributed by atoms with Crippen LogP contribution in [0.2, 0.25) is 0 Å². The van der Waals surface area contributed by atoms with Crippen molar-refractivity contribution in [3.05, 3.63) is 0 Å². The number of amides is 1. The van der Waals surface area contributed by atoms with Crippen molar-refractivity contribution in [3.63, 3.8) is 0 Å². The lowest BCUT2D eigenvalue weighted by Gasteiger charge is -2.38. The molecule has 1 amide bonds. The number of rotatable bonds is 5. The summed E-state index contributed by atoms with van der Waals surface area (Å²) < 4.78 is 0. The monoisotopic (exact) mass is 212 g/mol. The largest absolute Gasteiger partial charge is 0.396 e. The van der Waals surface area contributed by atoms with Crippen molar-refractivity contribution in [2.45, 2.75) is 25.8 Å². The fraction of sp³-hybridized carbons (Fsp3) is 0.909. The lowest BCUT2D eigenvalue weighted by Crippen LogP contribution is -2.52. The molecule has 2 aliphatic rings. The number of aliphatic hydroxyl groups excluding tert-OH is 1. The highest BCUT2D eigenvalue weighted by atomic mass is 16.3. The van der Waals surface area contributed by atoms with Crippen LogP contribution in [-0.4, -0.2) is 59.6 Å². The second kappa shape index (κ2) is 4.49. The quantitative estimate of drug-likeness (QED) is 0.693. The summed E-state index contributed by atoms with van der Waals surface area (Å²) in [6.45, 7) is 5.43. The van der Waals surface area contributed by atoms with E-state index in [1.165, 1.54) is 12.8 Å². The van der Waals surface area contributed by atoms with E-state index >= 15 is 0 Å². The highest BCUT2D eigenvalue weighted by Gasteiger charge is 2.34. The van der Waals surface area contributed by atoms with Crippen molar-refractivity contribution in [2.24, 2.45) is 5.92 Å². The van der Waals surface area contributed by atoms with Crippen molar-refractivity contribution < 1.29 is 9.90 Å². The molecule has 1 saturated heterocycles. The summed E-state index contributed by atoms with van der Waals surface area (Å²) in [6.07, 6.45) is 2.36. The summed E-state index contributed by atoms with van der Waals surface area (Å²) in [6, 6.07) is 0.525. The van der Waals surface area contributed by atoms with Crippen LogP contribution in [0, 0.1) is 5.92 Å².